The highest BCUT2D eigenvalue weighted by Crippen LogP contribution is 2.45. The average molecular weight is 253 g/mol. The van der Waals surface area contributed by atoms with E-state index in [1.54, 1.807) is 0 Å². The van der Waals surface area contributed by atoms with Crippen LogP contribution in [-0.4, -0.2) is 18.2 Å². The summed E-state index contributed by atoms with van der Waals surface area (Å²) in [6.07, 6.45) is 11.5. The van der Waals surface area contributed by atoms with Gasteiger partial charge in [0.05, 0.1) is 5.60 Å². The molecule has 2 nitrogen and oxygen atoms in total. The van der Waals surface area contributed by atoms with E-state index in [2.05, 4.69) is 13.8 Å². The maximum atomic E-state index is 6.61. The van der Waals surface area contributed by atoms with E-state index in [1.807, 2.05) is 0 Å². The van der Waals surface area contributed by atoms with Crippen molar-refractivity contribution in [3.63, 3.8) is 0 Å². The Morgan fingerprint density at radius 2 is 1.89 bits per heavy atom. The molecule has 2 heteroatoms. The Morgan fingerprint density at radius 3 is 2.39 bits per heavy atom. The molecule has 0 aromatic carbocycles. The van der Waals surface area contributed by atoms with E-state index in [4.69, 9.17) is 10.5 Å². The fourth-order valence-corrected chi connectivity index (χ4v) is 3.97. The molecule has 0 aromatic rings. The topological polar surface area (TPSA) is 35.2 Å². The second-order valence-corrected chi connectivity index (χ2v) is 6.55. The molecule has 0 bridgehead atoms. The zero-order chi connectivity index (χ0) is 13.0. The summed E-state index contributed by atoms with van der Waals surface area (Å²) in [4.78, 5) is 0. The molecule has 1 aliphatic heterocycles. The van der Waals surface area contributed by atoms with Crippen molar-refractivity contribution in [3.05, 3.63) is 0 Å². The third-order valence-corrected chi connectivity index (χ3v) is 5.20. The van der Waals surface area contributed by atoms with Crippen LogP contribution in [-0.2, 0) is 4.74 Å². The van der Waals surface area contributed by atoms with Gasteiger partial charge in [0.2, 0.25) is 0 Å². The lowest BCUT2D eigenvalue weighted by molar-refractivity contribution is -0.147. The molecule has 1 spiro atoms. The van der Waals surface area contributed by atoms with Crippen LogP contribution in [0.1, 0.15) is 71.6 Å². The number of rotatable bonds is 6. The Hall–Kier alpha value is -0.0800. The van der Waals surface area contributed by atoms with Crippen molar-refractivity contribution in [1.82, 2.24) is 0 Å². The van der Waals surface area contributed by atoms with Crippen molar-refractivity contribution >= 4 is 0 Å². The molecule has 1 saturated carbocycles. The highest BCUT2D eigenvalue weighted by molar-refractivity contribution is 4.97. The van der Waals surface area contributed by atoms with Crippen LogP contribution in [0.15, 0.2) is 0 Å². The third kappa shape index (κ3) is 3.08. The summed E-state index contributed by atoms with van der Waals surface area (Å²) in [5.41, 5.74) is 6.86. The van der Waals surface area contributed by atoms with E-state index in [0.717, 1.165) is 12.5 Å². The van der Waals surface area contributed by atoms with Crippen molar-refractivity contribution < 1.29 is 4.74 Å². The summed E-state index contributed by atoms with van der Waals surface area (Å²) in [7, 11) is 0. The molecule has 0 aromatic heterocycles. The first-order valence-corrected chi connectivity index (χ1v) is 8.10. The Balaban J connectivity index is 1.91. The van der Waals surface area contributed by atoms with Gasteiger partial charge in [-0.2, -0.15) is 0 Å². The summed E-state index contributed by atoms with van der Waals surface area (Å²) < 4.78 is 6.03. The Labute approximate surface area is 113 Å². The Morgan fingerprint density at radius 1 is 1.22 bits per heavy atom. The highest BCUT2D eigenvalue weighted by atomic mass is 16.5. The second kappa shape index (κ2) is 6.38. The van der Waals surface area contributed by atoms with Crippen LogP contribution in [0.5, 0.6) is 0 Å². The molecule has 0 amide bonds. The number of hydrogen-bond acceptors (Lipinski definition) is 2. The zero-order valence-electron chi connectivity index (χ0n) is 12.3. The van der Waals surface area contributed by atoms with E-state index in [9.17, 15) is 0 Å². The molecule has 1 heterocycles. The van der Waals surface area contributed by atoms with Gasteiger partial charge in [-0.1, -0.05) is 26.7 Å². The smallest absolute Gasteiger partial charge is 0.0685 e. The normalized spacial score (nSPS) is 28.3. The predicted molar refractivity (Wildman–Crippen MR) is 76.5 cm³/mol. The fraction of sp³-hybridized carbons (Fsp3) is 1.00. The number of hydrogen-bond donors (Lipinski definition) is 1. The van der Waals surface area contributed by atoms with Gasteiger partial charge in [0, 0.05) is 12.6 Å². The maximum Gasteiger partial charge on any atom is 0.0685 e. The summed E-state index contributed by atoms with van der Waals surface area (Å²) >= 11 is 0. The minimum Gasteiger partial charge on any atom is -0.375 e. The van der Waals surface area contributed by atoms with Gasteiger partial charge >= 0.3 is 0 Å². The van der Waals surface area contributed by atoms with E-state index in [1.165, 1.54) is 57.8 Å². The highest BCUT2D eigenvalue weighted by Gasteiger charge is 2.44. The van der Waals surface area contributed by atoms with Gasteiger partial charge in [0.25, 0.3) is 0 Å². The van der Waals surface area contributed by atoms with Crippen LogP contribution >= 0.6 is 0 Å². The zero-order valence-corrected chi connectivity index (χ0v) is 12.3. The van der Waals surface area contributed by atoms with Crippen molar-refractivity contribution in [2.75, 3.05) is 6.61 Å². The second-order valence-electron chi connectivity index (χ2n) is 6.55. The lowest BCUT2D eigenvalue weighted by Crippen LogP contribution is -2.50. The molecular weight excluding hydrogens is 222 g/mol. The number of nitrogens with two attached hydrogens (primary N) is 1. The molecule has 2 rings (SSSR count). The van der Waals surface area contributed by atoms with Crippen LogP contribution in [0.4, 0.5) is 0 Å². The molecular formula is C16H31NO. The predicted octanol–water partition coefficient (Wildman–Crippen LogP) is 3.88. The average Bonchev–Trinajstić information content (AvgIpc) is 2.36. The fourth-order valence-electron chi connectivity index (χ4n) is 3.97. The molecule has 2 unspecified atom stereocenters. The first-order chi connectivity index (χ1) is 8.71. The van der Waals surface area contributed by atoms with E-state index in [0.29, 0.717) is 12.0 Å². The summed E-state index contributed by atoms with van der Waals surface area (Å²) in [5, 5.41) is 0. The summed E-state index contributed by atoms with van der Waals surface area (Å²) in [5.74, 6) is 1.45. The molecule has 106 valence electrons. The first kappa shape index (κ1) is 14.3. The van der Waals surface area contributed by atoms with Gasteiger partial charge in [-0.3, -0.25) is 0 Å². The molecule has 1 saturated heterocycles. The first-order valence-electron chi connectivity index (χ1n) is 8.10. The molecule has 0 radical (unpaired) electrons. The van der Waals surface area contributed by atoms with Gasteiger partial charge in [-0.15, -0.1) is 0 Å². The summed E-state index contributed by atoms with van der Waals surface area (Å²) in [6, 6.07) is 0.409. The van der Waals surface area contributed by atoms with Gasteiger partial charge in [0.15, 0.2) is 0 Å². The van der Waals surface area contributed by atoms with E-state index >= 15 is 0 Å². The van der Waals surface area contributed by atoms with Gasteiger partial charge < -0.3 is 10.5 Å². The standard InChI is InChI=1S/C16H31NO/c1-3-6-13(7-4-2)15(17)14-8-11-18-16(12-14)9-5-10-16/h13-15H,3-12,17H2,1-2H3. The Bertz CT molecular complexity index is 243. The van der Waals surface area contributed by atoms with Crippen LogP contribution < -0.4 is 5.73 Å². The molecule has 2 N–H and O–H groups in total. The SMILES string of the molecule is CCCC(CCC)C(N)C1CCOC2(CCC2)C1. The van der Waals surface area contributed by atoms with Gasteiger partial charge in [0.1, 0.15) is 0 Å². The quantitative estimate of drug-likeness (QED) is 0.779. The van der Waals surface area contributed by atoms with Gasteiger partial charge in [-0.25, -0.2) is 0 Å². The summed E-state index contributed by atoms with van der Waals surface area (Å²) in [6.45, 7) is 5.52. The molecule has 2 fully saturated rings. The van der Waals surface area contributed by atoms with Crippen LogP contribution in [0.25, 0.3) is 0 Å². The lowest BCUT2D eigenvalue weighted by Gasteiger charge is -2.49. The molecule has 2 aliphatic rings. The van der Waals surface area contributed by atoms with Gasteiger partial charge in [-0.05, 0) is 56.8 Å². The van der Waals surface area contributed by atoms with Crippen molar-refractivity contribution in [3.8, 4) is 0 Å². The monoisotopic (exact) mass is 253 g/mol. The molecule has 2 atom stereocenters. The molecule has 1 aliphatic carbocycles. The van der Waals surface area contributed by atoms with Crippen molar-refractivity contribution in [1.29, 1.82) is 0 Å². The van der Waals surface area contributed by atoms with E-state index < -0.39 is 0 Å². The largest absolute Gasteiger partial charge is 0.375 e. The number of ether oxygens (including phenoxy) is 1. The molecule has 18 heavy (non-hydrogen) atoms. The van der Waals surface area contributed by atoms with Crippen LogP contribution in [0, 0.1) is 11.8 Å². The van der Waals surface area contributed by atoms with Crippen LogP contribution in [0.2, 0.25) is 0 Å². The minimum atomic E-state index is 0.253. The Kier molecular flexibility index (Phi) is 5.08. The lowest BCUT2D eigenvalue weighted by atomic mass is 9.68. The van der Waals surface area contributed by atoms with Crippen molar-refractivity contribution in [2.45, 2.75) is 83.3 Å². The van der Waals surface area contributed by atoms with Crippen molar-refractivity contribution in [2.24, 2.45) is 17.6 Å². The van der Waals surface area contributed by atoms with E-state index in [-0.39, 0.29) is 5.60 Å². The maximum absolute atomic E-state index is 6.61. The minimum absolute atomic E-state index is 0.253. The van der Waals surface area contributed by atoms with Crippen LogP contribution in [0.3, 0.4) is 0 Å². The third-order valence-electron chi connectivity index (χ3n) is 5.20.